The van der Waals surface area contributed by atoms with E-state index in [1.165, 1.54) is 18.4 Å². The molecule has 2 rings (SSSR count). The van der Waals surface area contributed by atoms with Gasteiger partial charge in [-0.1, -0.05) is 41.9 Å². The Bertz CT molecular complexity index is 325. The molecule has 1 aliphatic rings. The molecule has 0 atom stereocenters. The lowest BCUT2D eigenvalue weighted by Crippen LogP contribution is -2.42. The lowest BCUT2D eigenvalue weighted by molar-refractivity contribution is 0.167. The molecular formula is C14H20BrN. The molecule has 0 saturated heterocycles. The van der Waals surface area contributed by atoms with Crippen molar-refractivity contribution in [2.24, 2.45) is 11.8 Å². The lowest BCUT2D eigenvalue weighted by Gasteiger charge is -2.38. The summed E-state index contributed by atoms with van der Waals surface area (Å²) in [6.45, 7) is 5.66. The molecule has 2 heteroatoms. The fraction of sp³-hybridized carbons (Fsp3) is 0.571. The number of benzene rings is 1. The fourth-order valence-electron chi connectivity index (χ4n) is 2.24. The molecule has 1 fully saturated rings. The minimum Gasteiger partial charge on any atom is -0.310 e. The Hall–Kier alpha value is -0.340. The Balaban J connectivity index is 1.71. The minimum absolute atomic E-state index is 0.746. The van der Waals surface area contributed by atoms with E-state index < -0.39 is 0 Å². The number of rotatable bonds is 4. The van der Waals surface area contributed by atoms with E-state index in [0.717, 1.165) is 28.9 Å². The van der Waals surface area contributed by atoms with Gasteiger partial charge >= 0.3 is 0 Å². The molecular weight excluding hydrogens is 262 g/mol. The zero-order chi connectivity index (χ0) is 11.5. The summed E-state index contributed by atoms with van der Waals surface area (Å²) in [6.07, 6.45) is 2.71. The van der Waals surface area contributed by atoms with E-state index >= 15 is 0 Å². The SMILES string of the molecule is CC(C)C1CC(NCc2ccc(Br)cc2)C1. The zero-order valence-corrected chi connectivity index (χ0v) is 11.6. The molecule has 0 aliphatic heterocycles. The lowest BCUT2D eigenvalue weighted by atomic mass is 9.73. The van der Waals surface area contributed by atoms with Crippen molar-refractivity contribution in [1.82, 2.24) is 5.32 Å². The summed E-state index contributed by atoms with van der Waals surface area (Å²) < 4.78 is 1.15. The summed E-state index contributed by atoms with van der Waals surface area (Å²) in [7, 11) is 0. The maximum absolute atomic E-state index is 3.62. The molecule has 0 aromatic heterocycles. The second-order valence-corrected chi connectivity index (χ2v) is 6.10. The monoisotopic (exact) mass is 281 g/mol. The van der Waals surface area contributed by atoms with Crippen LogP contribution in [-0.2, 0) is 6.54 Å². The van der Waals surface area contributed by atoms with E-state index in [0.29, 0.717) is 0 Å². The third kappa shape index (κ3) is 3.08. The average molecular weight is 282 g/mol. The van der Waals surface area contributed by atoms with Crippen molar-refractivity contribution >= 4 is 15.9 Å². The van der Waals surface area contributed by atoms with Gasteiger partial charge in [0.1, 0.15) is 0 Å². The minimum atomic E-state index is 0.746. The van der Waals surface area contributed by atoms with Crippen LogP contribution in [0.1, 0.15) is 32.3 Å². The molecule has 1 N–H and O–H groups in total. The largest absolute Gasteiger partial charge is 0.310 e. The molecule has 0 spiro atoms. The second-order valence-electron chi connectivity index (χ2n) is 5.18. The van der Waals surface area contributed by atoms with Crippen LogP contribution >= 0.6 is 15.9 Å². The van der Waals surface area contributed by atoms with Gasteiger partial charge in [-0.05, 0) is 42.4 Å². The maximum Gasteiger partial charge on any atom is 0.0208 e. The Morgan fingerprint density at radius 3 is 2.44 bits per heavy atom. The van der Waals surface area contributed by atoms with Gasteiger partial charge in [-0.2, -0.15) is 0 Å². The van der Waals surface area contributed by atoms with Crippen LogP contribution in [0.25, 0.3) is 0 Å². The summed E-state index contributed by atoms with van der Waals surface area (Å²) in [4.78, 5) is 0. The van der Waals surface area contributed by atoms with Crippen molar-refractivity contribution < 1.29 is 0 Å². The van der Waals surface area contributed by atoms with Crippen molar-refractivity contribution in [1.29, 1.82) is 0 Å². The summed E-state index contributed by atoms with van der Waals surface area (Å²) in [5.74, 6) is 1.80. The van der Waals surface area contributed by atoms with E-state index in [4.69, 9.17) is 0 Å². The molecule has 1 aromatic rings. The van der Waals surface area contributed by atoms with Gasteiger partial charge in [-0.3, -0.25) is 0 Å². The van der Waals surface area contributed by atoms with Gasteiger partial charge in [0.25, 0.3) is 0 Å². The molecule has 1 saturated carbocycles. The second kappa shape index (κ2) is 5.33. The highest BCUT2D eigenvalue weighted by atomic mass is 79.9. The molecule has 1 aliphatic carbocycles. The average Bonchev–Trinajstić information content (AvgIpc) is 2.18. The smallest absolute Gasteiger partial charge is 0.0208 e. The van der Waals surface area contributed by atoms with Gasteiger partial charge in [-0.25, -0.2) is 0 Å². The summed E-state index contributed by atoms with van der Waals surface area (Å²) in [6, 6.07) is 9.31. The number of hydrogen-bond acceptors (Lipinski definition) is 1. The van der Waals surface area contributed by atoms with Crippen molar-refractivity contribution in [2.45, 2.75) is 39.3 Å². The number of hydrogen-bond donors (Lipinski definition) is 1. The third-order valence-corrected chi connectivity index (χ3v) is 4.15. The van der Waals surface area contributed by atoms with Crippen LogP contribution in [0.5, 0.6) is 0 Å². The highest BCUT2D eigenvalue weighted by molar-refractivity contribution is 9.10. The van der Waals surface area contributed by atoms with Crippen LogP contribution in [-0.4, -0.2) is 6.04 Å². The highest BCUT2D eigenvalue weighted by Gasteiger charge is 2.30. The molecule has 16 heavy (non-hydrogen) atoms. The Kier molecular flexibility index (Phi) is 4.04. The predicted molar refractivity (Wildman–Crippen MR) is 72.3 cm³/mol. The normalized spacial score (nSPS) is 24.5. The first-order valence-corrected chi connectivity index (χ1v) is 6.92. The maximum atomic E-state index is 3.62. The molecule has 0 bridgehead atoms. The highest BCUT2D eigenvalue weighted by Crippen LogP contribution is 2.33. The van der Waals surface area contributed by atoms with Gasteiger partial charge in [0.05, 0.1) is 0 Å². The van der Waals surface area contributed by atoms with Gasteiger partial charge in [0.15, 0.2) is 0 Å². The van der Waals surface area contributed by atoms with Crippen LogP contribution < -0.4 is 5.32 Å². The van der Waals surface area contributed by atoms with Crippen LogP contribution in [0.3, 0.4) is 0 Å². The van der Waals surface area contributed by atoms with Crippen LogP contribution in [0.4, 0.5) is 0 Å². The molecule has 0 radical (unpaired) electrons. The first kappa shape index (κ1) is 12.1. The number of halogens is 1. The van der Waals surface area contributed by atoms with E-state index in [9.17, 15) is 0 Å². The van der Waals surface area contributed by atoms with Gasteiger partial charge in [0.2, 0.25) is 0 Å². The topological polar surface area (TPSA) is 12.0 Å². The molecule has 1 aromatic carbocycles. The quantitative estimate of drug-likeness (QED) is 0.881. The first-order chi connectivity index (χ1) is 7.65. The molecule has 0 heterocycles. The van der Waals surface area contributed by atoms with Crippen molar-refractivity contribution in [3.05, 3.63) is 34.3 Å². The Morgan fingerprint density at radius 1 is 1.25 bits per heavy atom. The van der Waals surface area contributed by atoms with Crippen molar-refractivity contribution in [3.8, 4) is 0 Å². The summed E-state index contributed by atoms with van der Waals surface area (Å²) in [5.41, 5.74) is 1.37. The van der Waals surface area contributed by atoms with E-state index in [1.54, 1.807) is 0 Å². The molecule has 0 amide bonds. The van der Waals surface area contributed by atoms with Gasteiger partial charge in [-0.15, -0.1) is 0 Å². The Morgan fingerprint density at radius 2 is 1.88 bits per heavy atom. The third-order valence-electron chi connectivity index (χ3n) is 3.63. The molecule has 1 nitrogen and oxygen atoms in total. The van der Waals surface area contributed by atoms with E-state index in [-0.39, 0.29) is 0 Å². The van der Waals surface area contributed by atoms with Crippen molar-refractivity contribution in [2.75, 3.05) is 0 Å². The summed E-state index contributed by atoms with van der Waals surface area (Å²) >= 11 is 3.45. The summed E-state index contributed by atoms with van der Waals surface area (Å²) in [5, 5.41) is 3.62. The predicted octanol–water partition coefficient (Wildman–Crippen LogP) is 3.97. The fourth-order valence-corrected chi connectivity index (χ4v) is 2.50. The number of nitrogens with one attached hydrogen (secondary N) is 1. The van der Waals surface area contributed by atoms with Crippen LogP contribution in [0.15, 0.2) is 28.7 Å². The molecule has 88 valence electrons. The van der Waals surface area contributed by atoms with Crippen LogP contribution in [0, 0.1) is 11.8 Å². The molecule has 0 unspecified atom stereocenters. The van der Waals surface area contributed by atoms with Gasteiger partial charge < -0.3 is 5.32 Å². The zero-order valence-electron chi connectivity index (χ0n) is 10.0. The van der Waals surface area contributed by atoms with E-state index in [2.05, 4.69) is 59.4 Å². The van der Waals surface area contributed by atoms with E-state index in [1.807, 2.05) is 0 Å². The van der Waals surface area contributed by atoms with Gasteiger partial charge in [0, 0.05) is 17.1 Å². The van der Waals surface area contributed by atoms with Crippen molar-refractivity contribution in [3.63, 3.8) is 0 Å². The Labute approximate surface area is 107 Å². The first-order valence-electron chi connectivity index (χ1n) is 6.13. The van der Waals surface area contributed by atoms with Crippen LogP contribution in [0.2, 0.25) is 0 Å². The standard InChI is InChI=1S/C14H20BrN/c1-10(2)12-7-14(8-12)16-9-11-3-5-13(15)6-4-11/h3-6,10,12,14,16H,7-9H2,1-2H3.